The van der Waals surface area contributed by atoms with Crippen LogP contribution < -0.4 is 5.32 Å². The summed E-state index contributed by atoms with van der Waals surface area (Å²) in [4.78, 5) is 2.61. The Kier molecular flexibility index (Phi) is 4.34. The van der Waals surface area contributed by atoms with E-state index in [0.717, 1.165) is 29.6 Å². The number of benzene rings is 1. The number of nitrogens with zero attached hydrogens (tertiary/aromatic N) is 1. The van der Waals surface area contributed by atoms with Crippen molar-refractivity contribution in [2.24, 2.45) is 5.92 Å². The Balaban J connectivity index is 1.51. The molecule has 3 atom stereocenters. The minimum atomic E-state index is 0.407. The summed E-state index contributed by atoms with van der Waals surface area (Å²) in [6.45, 7) is 3.39. The first-order valence-corrected chi connectivity index (χ1v) is 8.22. The lowest BCUT2D eigenvalue weighted by Gasteiger charge is -2.36. The molecule has 1 N–H and O–H groups in total. The van der Waals surface area contributed by atoms with Crippen LogP contribution in [0.25, 0.3) is 0 Å². The summed E-state index contributed by atoms with van der Waals surface area (Å²) < 4.78 is 0. The Morgan fingerprint density at radius 2 is 1.80 bits per heavy atom. The lowest BCUT2D eigenvalue weighted by molar-refractivity contribution is 0.131. The summed E-state index contributed by atoms with van der Waals surface area (Å²) in [5.74, 6) is 0.846. The van der Waals surface area contributed by atoms with Gasteiger partial charge in [-0.05, 0) is 69.8 Å². The normalized spacial score (nSPS) is 31.4. The van der Waals surface area contributed by atoms with Gasteiger partial charge in [-0.3, -0.25) is 0 Å². The minimum absolute atomic E-state index is 0.407. The molecule has 2 heterocycles. The quantitative estimate of drug-likeness (QED) is 0.906. The fraction of sp³-hybridized carbons (Fsp3) is 0.647. The van der Waals surface area contributed by atoms with E-state index in [2.05, 4.69) is 36.3 Å². The lowest BCUT2D eigenvalue weighted by atomic mass is 9.90. The van der Waals surface area contributed by atoms with Crippen molar-refractivity contribution < 1.29 is 0 Å². The molecule has 2 saturated heterocycles. The van der Waals surface area contributed by atoms with Crippen LogP contribution >= 0.6 is 11.6 Å². The first-order chi connectivity index (χ1) is 9.63. The van der Waals surface area contributed by atoms with Gasteiger partial charge in [-0.25, -0.2) is 0 Å². The molecule has 2 fully saturated rings. The highest BCUT2D eigenvalue weighted by molar-refractivity contribution is 6.30. The van der Waals surface area contributed by atoms with E-state index < -0.39 is 0 Å². The van der Waals surface area contributed by atoms with Crippen molar-refractivity contribution in [3.63, 3.8) is 0 Å². The molecule has 0 aromatic heterocycles. The molecule has 1 aromatic carbocycles. The predicted molar refractivity (Wildman–Crippen MR) is 85.2 cm³/mol. The Hall–Kier alpha value is -0.570. The van der Waals surface area contributed by atoms with E-state index in [0.29, 0.717) is 6.04 Å². The maximum absolute atomic E-state index is 5.94. The summed E-state index contributed by atoms with van der Waals surface area (Å²) in [5.41, 5.74) is 1.32. The maximum Gasteiger partial charge on any atom is 0.0406 e. The van der Waals surface area contributed by atoms with Gasteiger partial charge in [0, 0.05) is 23.1 Å². The number of rotatable bonds is 4. The second-order valence-electron chi connectivity index (χ2n) is 6.57. The average Bonchev–Trinajstić information content (AvgIpc) is 2.66. The maximum atomic E-state index is 5.94. The van der Waals surface area contributed by atoms with Gasteiger partial charge in [0.15, 0.2) is 0 Å². The molecule has 3 rings (SSSR count). The minimum Gasteiger partial charge on any atom is -0.310 e. The standard InChI is InChI=1S/C17H25ClN2/c1-12(14-3-5-15(18)6-4-14)19-11-13-9-16-7-8-17(10-13)20(16)2/h3-6,12-13,16-17,19H,7-11H2,1-2H3. The third kappa shape index (κ3) is 3.03. The molecule has 2 aliphatic heterocycles. The molecule has 2 bridgehead atoms. The predicted octanol–water partition coefficient (Wildman–Crippen LogP) is 3.86. The molecule has 0 amide bonds. The number of piperidine rings is 1. The summed E-state index contributed by atoms with van der Waals surface area (Å²) in [6.07, 6.45) is 5.55. The average molecular weight is 293 g/mol. The van der Waals surface area contributed by atoms with Gasteiger partial charge in [-0.15, -0.1) is 0 Å². The van der Waals surface area contributed by atoms with Crippen LogP contribution in [-0.2, 0) is 0 Å². The molecule has 0 radical (unpaired) electrons. The van der Waals surface area contributed by atoms with Crippen molar-refractivity contribution in [3.8, 4) is 0 Å². The van der Waals surface area contributed by atoms with Crippen LogP contribution in [0.3, 0.4) is 0 Å². The Morgan fingerprint density at radius 3 is 2.40 bits per heavy atom. The summed E-state index contributed by atoms with van der Waals surface area (Å²) >= 11 is 5.94. The zero-order valence-electron chi connectivity index (χ0n) is 12.5. The molecule has 110 valence electrons. The molecule has 0 saturated carbocycles. The number of nitrogens with one attached hydrogen (secondary N) is 1. The van der Waals surface area contributed by atoms with Crippen molar-refractivity contribution in [1.82, 2.24) is 10.2 Å². The van der Waals surface area contributed by atoms with Crippen LogP contribution in [-0.4, -0.2) is 30.6 Å². The molecule has 2 nitrogen and oxygen atoms in total. The molecular weight excluding hydrogens is 268 g/mol. The van der Waals surface area contributed by atoms with Crippen LogP contribution in [0, 0.1) is 5.92 Å². The van der Waals surface area contributed by atoms with Gasteiger partial charge in [0.25, 0.3) is 0 Å². The third-order valence-electron chi connectivity index (χ3n) is 5.28. The fourth-order valence-electron chi connectivity index (χ4n) is 3.90. The zero-order chi connectivity index (χ0) is 14.1. The van der Waals surface area contributed by atoms with E-state index in [9.17, 15) is 0 Å². The molecule has 3 unspecified atom stereocenters. The first-order valence-electron chi connectivity index (χ1n) is 7.84. The zero-order valence-corrected chi connectivity index (χ0v) is 13.2. The van der Waals surface area contributed by atoms with Crippen LogP contribution in [0.15, 0.2) is 24.3 Å². The van der Waals surface area contributed by atoms with Crippen molar-refractivity contribution in [2.75, 3.05) is 13.6 Å². The highest BCUT2D eigenvalue weighted by atomic mass is 35.5. The topological polar surface area (TPSA) is 15.3 Å². The summed E-state index contributed by atoms with van der Waals surface area (Å²) in [7, 11) is 2.31. The summed E-state index contributed by atoms with van der Waals surface area (Å²) in [5, 5.41) is 4.52. The van der Waals surface area contributed by atoms with E-state index in [1.165, 1.54) is 31.2 Å². The highest BCUT2D eigenvalue weighted by Crippen LogP contribution is 2.37. The smallest absolute Gasteiger partial charge is 0.0406 e. The molecule has 20 heavy (non-hydrogen) atoms. The van der Waals surface area contributed by atoms with Gasteiger partial charge in [-0.2, -0.15) is 0 Å². The van der Waals surface area contributed by atoms with Crippen molar-refractivity contribution in [2.45, 2.75) is 50.7 Å². The van der Waals surface area contributed by atoms with E-state index in [4.69, 9.17) is 11.6 Å². The number of hydrogen-bond donors (Lipinski definition) is 1. The van der Waals surface area contributed by atoms with Gasteiger partial charge < -0.3 is 10.2 Å². The van der Waals surface area contributed by atoms with Gasteiger partial charge >= 0.3 is 0 Å². The van der Waals surface area contributed by atoms with E-state index in [1.807, 2.05) is 12.1 Å². The Labute approximate surface area is 127 Å². The Morgan fingerprint density at radius 1 is 1.20 bits per heavy atom. The van der Waals surface area contributed by atoms with Gasteiger partial charge in [0.05, 0.1) is 0 Å². The van der Waals surface area contributed by atoms with Crippen LogP contribution in [0.1, 0.15) is 44.2 Å². The summed E-state index contributed by atoms with van der Waals surface area (Å²) in [6, 6.07) is 10.3. The largest absolute Gasteiger partial charge is 0.310 e. The number of halogens is 1. The van der Waals surface area contributed by atoms with Crippen molar-refractivity contribution in [1.29, 1.82) is 0 Å². The third-order valence-corrected chi connectivity index (χ3v) is 5.53. The fourth-order valence-corrected chi connectivity index (χ4v) is 4.03. The van der Waals surface area contributed by atoms with E-state index in [-0.39, 0.29) is 0 Å². The Bertz CT molecular complexity index is 431. The van der Waals surface area contributed by atoms with Crippen molar-refractivity contribution in [3.05, 3.63) is 34.9 Å². The molecule has 1 aromatic rings. The van der Waals surface area contributed by atoms with Crippen LogP contribution in [0.4, 0.5) is 0 Å². The van der Waals surface area contributed by atoms with Gasteiger partial charge in [0.2, 0.25) is 0 Å². The molecule has 3 heteroatoms. The van der Waals surface area contributed by atoms with E-state index in [1.54, 1.807) is 0 Å². The molecular formula is C17H25ClN2. The first kappa shape index (κ1) is 14.4. The second kappa shape index (κ2) is 6.05. The second-order valence-corrected chi connectivity index (χ2v) is 7.01. The van der Waals surface area contributed by atoms with Crippen molar-refractivity contribution >= 4 is 11.6 Å². The number of fused-ring (bicyclic) bond motifs is 2. The SMILES string of the molecule is CC(NCC1CC2CCC(C1)N2C)c1ccc(Cl)cc1. The van der Waals surface area contributed by atoms with E-state index >= 15 is 0 Å². The van der Waals surface area contributed by atoms with Crippen LogP contribution in [0.5, 0.6) is 0 Å². The highest BCUT2D eigenvalue weighted by Gasteiger charge is 2.38. The monoisotopic (exact) mass is 292 g/mol. The molecule has 2 aliphatic rings. The molecule has 0 aliphatic carbocycles. The lowest BCUT2D eigenvalue weighted by Crippen LogP contribution is -2.42. The van der Waals surface area contributed by atoms with Gasteiger partial charge in [-0.1, -0.05) is 23.7 Å². The molecule has 0 spiro atoms. The van der Waals surface area contributed by atoms with Crippen LogP contribution in [0.2, 0.25) is 5.02 Å². The number of hydrogen-bond acceptors (Lipinski definition) is 2. The van der Waals surface area contributed by atoms with Gasteiger partial charge in [0.1, 0.15) is 0 Å².